The average Bonchev–Trinajstić information content (AvgIpc) is 3.02. The molecule has 116 valence electrons. The molecular formula is C17H14FN3O2. The normalized spacial score (nSPS) is 12.6. The first kappa shape index (κ1) is 13.8. The van der Waals surface area contributed by atoms with Crippen molar-refractivity contribution in [2.75, 3.05) is 18.7 Å². The molecule has 0 unspecified atom stereocenters. The maximum Gasteiger partial charge on any atom is 0.231 e. The van der Waals surface area contributed by atoms with E-state index in [9.17, 15) is 4.39 Å². The fourth-order valence-electron chi connectivity index (χ4n) is 2.73. The van der Waals surface area contributed by atoms with E-state index in [1.807, 2.05) is 36.2 Å². The number of fused-ring (bicyclic) bond motifs is 2. The van der Waals surface area contributed by atoms with E-state index in [1.165, 1.54) is 12.4 Å². The minimum atomic E-state index is -0.345. The predicted molar refractivity (Wildman–Crippen MR) is 84.2 cm³/mol. The Morgan fingerprint density at radius 1 is 1.13 bits per heavy atom. The number of halogens is 1. The highest BCUT2D eigenvalue weighted by Crippen LogP contribution is 2.33. The minimum absolute atomic E-state index is 0.254. The maximum atomic E-state index is 13.9. The van der Waals surface area contributed by atoms with Gasteiger partial charge in [0.15, 0.2) is 11.5 Å². The lowest BCUT2D eigenvalue weighted by Crippen LogP contribution is -2.18. The molecule has 0 atom stereocenters. The first-order valence-corrected chi connectivity index (χ1v) is 7.21. The van der Waals surface area contributed by atoms with Crippen LogP contribution in [-0.4, -0.2) is 23.8 Å². The molecule has 2 heterocycles. The molecule has 23 heavy (non-hydrogen) atoms. The van der Waals surface area contributed by atoms with Crippen molar-refractivity contribution in [2.45, 2.75) is 6.54 Å². The highest BCUT2D eigenvalue weighted by atomic mass is 19.1. The molecule has 0 spiro atoms. The van der Waals surface area contributed by atoms with Crippen LogP contribution >= 0.6 is 0 Å². The van der Waals surface area contributed by atoms with Crippen LogP contribution in [0.15, 0.2) is 42.7 Å². The van der Waals surface area contributed by atoms with Crippen LogP contribution in [0.3, 0.4) is 0 Å². The Morgan fingerprint density at radius 3 is 2.91 bits per heavy atom. The third-order valence-electron chi connectivity index (χ3n) is 3.81. The molecule has 1 aliphatic rings. The largest absolute Gasteiger partial charge is 0.454 e. The second-order valence-electron chi connectivity index (χ2n) is 5.38. The number of para-hydroxylation sites is 1. The van der Waals surface area contributed by atoms with Crippen molar-refractivity contribution in [2.24, 2.45) is 0 Å². The highest BCUT2D eigenvalue weighted by Gasteiger charge is 2.15. The zero-order chi connectivity index (χ0) is 15.8. The Morgan fingerprint density at radius 2 is 2.00 bits per heavy atom. The van der Waals surface area contributed by atoms with Crippen molar-refractivity contribution in [1.82, 2.24) is 9.97 Å². The summed E-state index contributed by atoms with van der Waals surface area (Å²) in [5, 5.41) is 0.691. The number of ether oxygens (including phenoxy) is 2. The zero-order valence-electron chi connectivity index (χ0n) is 12.5. The van der Waals surface area contributed by atoms with Crippen LogP contribution in [0.1, 0.15) is 5.56 Å². The summed E-state index contributed by atoms with van der Waals surface area (Å²) in [6.45, 7) is 0.865. The van der Waals surface area contributed by atoms with Gasteiger partial charge in [0.2, 0.25) is 6.79 Å². The van der Waals surface area contributed by atoms with E-state index >= 15 is 0 Å². The lowest BCUT2D eigenvalue weighted by molar-refractivity contribution is 0.174. The summed E-state index contributed by atoms with van der Waals surface area (Å²) in [7, 11) is 1.91. The number of rotatable bonds is 3. The van der Waals surface area contributed by atoms with Gasteiger partial charge in [-0.05, 0) is 29.8 Å². The van der Waals surface area contributed by atoms with Gasteiger partial charge in [0, 0.05) is 19.0 Å². The number of nitrogens with zero attached hydrogens (tertiary/aromatic N) is 3. The lowest BCUT2D eigenvalue weighted by atomic mass is 10.1. The molecule has 1 aliphatic heterocycles. The number of anilines is 1. The van der Waals surface area contributed by atoms with Gasteiger partial charge in [-0.25, -0.2) is 14.4 Å². The van der Waals surface area contributed by atoms with Crippen LogP contribution in [0.5, 0.6) is 11.5 Å². The third-order valence-corrected chi connectivity index (χ3v) is 3.81. The first-order chi connectivity index (χ1) is 11.2. The number of benzene rings is 2. The topological polar surface area (TPSA) is 47.5 Å². The van der Waals surface area contributed by atoms with Crippen LogP contribution < -0.4 is 14.4 Å². The van der Waals surface area contributed by atoms with Crippen LogP contribution in [-0.2, 0) is 6.54 Å². The highest BCUT2D eigenvalue weighted by molar-refractivity contribution is 5.89. The lowest BCUT2D eigenvalue weighted by Gasteiger charge is -2.20. The number of hydrogen-bond donors (Lipinski definition) is 0. The summed E-state index contributed by atoms with van der Waals surface area (Å²) in [6.07, 6.45) is 1.39. The Kier molecular flexibility index (Phi) is 3.22. The smallest absolute Gasteiger partial charge is 0.231 e. The molecule has 0 saturated carbocycles. The molecule has 0 saturated heterocycles. The fraction of sp³-hybridized carbons (Fsp3) is 0.176. The van der Waals surface area contributed by atoms with E-state index < -0.39 is 0 Å². The Bertz CT molecular complexity index is 885. The summed E-state index contributed by atoms with van der Waals surface area (Å²) < 4.78 is 24.6. The van der Waals surface area contributed by atoms with Crippen molar-refractivity contribution in [3.8, 4) is 11.5 Å². The molecule has 0 bridgehead atoms. The monoisotopic (exact) mass is 311 g/mol. The maximum absolute atomic E-state index is 13.9. The molecule has 4 rings (SSSR count). The van der Waals surface area contributed by atoms with E-state index in [0.717, 1.165) is 17.1 Å². The van der Waals surface area contributed by atoms with Gasteiger partial charge in [-0.3, -0.25) is 0 Å². The SMILES string of the molecule is CN(Cc1ccc2c(c1)OCO2)c1ncnc2c(F)cccc12. The molecule has 0 aliphatic carbocycles. The van der Waals surface area contributed by atoms with E-state index in [4.69, 9.17) is 9.47 Å². The number of hydrogen-bond acceptors (Lipinski definition) is 5. The molecule has 0 N–H and O–H groups in total. The van der Waals surface area contributed by atoms with Crippen molar-refractivity contribution in [1.29, 1.82) is 0 Å². The van der Waals surface area contributed by atoms with Crippen LogP contribution in [0.2, 0.25) is 0 Å². The van der Waals surface area contributed by atoms with E-state index in [0.29, 0.717) is 23.3 Å². The Balaban J connectivity index is 1.67. The minimum Gasteiger partial charge on any atom is -0.454 e. The molecule has 5 nitrogen and oxygen atoms in total. The van der Waals surface area contributed by atoms with Crippen LogP contribution in [0, 0.1) is 5.82 Å². The first-order valence-electron chi connectivity index (χ1n) is 7.21. The summed E-state index contributed by atoms with van der Waals surface area (Å²) in [5.74, 6) is 1.84. The molecule has 0 amide bonds. The molecule has 1 aromatic heterocycles. The predicted octanol–water partition coefficient (Wildman–Crippen LogP) is 3.13. The molecule has 2 aromatic carbocycles. The molecular weight excluding hydrogens is 297 g/mol. The van der Waals surface area contributed by atoms with Crippen molar-refractivity contribution < 1.29 is 13.9 Å². The van der Waals surface area contributed by atoms with Crippen molar-refractivity contribution in [3.05, 3.63) is 54.1 Å². The van der Waals surface area contributed by atoms with Gasteiger partial charge < -0.3 is 14.4 Å². The Labute approximate surface area is 132 Å². The summed E-state index contributed by atoms with van der Waals surface area (Å²) >= 11 is 0. The van der Waals surface area contributed by atoms with E-state index in [-0.39, 0.29) is 12.6 Å². The molecule has 0 radical (unpaired) electrons. The Hall–Kier alpha value is -2.89. The van der Waals surface area contributed by atoms with Gasteiger partial charge in [0.05, 0.1) is 0 Å². The molecule has 0 fully saturated rings. The molecule has 3 aromatic rings. The van der Waals surface area contributed by atoms with Gasteiger partial charge >= 0.3 is 0 Å². The van der Waals surface area contributed by atoms with Crippen LogP contribution in [0.4, 0.5) is 10.2 Å². The zero-order valence-corrected chi connectivity index (χ0v) is 12.5. The van der Waals surface area contributed by atoms with E-state index in [2.05, 4.69) is 9.97 Å². The quantitative estimate of drug-likeness (QED) is 0.744. The van der Waals surface area contributed by atoms with Gasteiger partial charge in [0.25, 0.3) is 0 Å². The van der Waals surface area contributed by atoms with Gasteiger partial charge in [-0.2, -0.15) is 0 Å². The average molecular weight is 311 g/mol. The van der Waals surface area contributed by atoms with Crippen LogP contribution in [0.25, 0.3) is 10.9 Å². The van der Waals surface area contributed by atoms with Gasteiger partial charge in [0.1, 0.15) is 23.5 Å². The second-order valence-corrected chi connectivity index (χ2v) is 5.38. The van der Waals surface area contributed by atoms with Gasteiger partial charge in [-0.1, -0.05) is 12.1 Å². The summed E-state index contributed by atoms with van der Waals surface area (Å²) in [4.78, 5) is 10.3. The van der Waals surface area contributed by atoms with Crippen molar-refractivity contribution in [3.63, 3.8) is 0 Å². The fourth-order valence-corrected chi connectivity index (χ4v) is 2.73. The standard InChI is InChI=1S/C17H14FN3O2/c1-21(8-11-5-6-14-15(7-11)23-10-22-14)17-12-3-2-4-13(18)16(12)19-9-20-17/h2-7,9H,8,10H2,1H3. The molecule has 6 heteroatoms. The third kappa shape index (κ3) is 2.42. The van der Waals surface area contributed by atoms with E-state index in [1.54, 1.807) is 6.07 Å². The van der Waals surface area contributed by atoms with Gasteiger partial charge in [-0.15, -0.1) is 0 Å². The summed E-state index contributed by atoms with van der Waals surface area (Å²) in [6, 6.07) is 10.7. The second kappa shape index (κ2) is 5.39. The summed E-state index contributed by atoms with van der Waals surface area (Å²) in [5.41, 5.74) is 1.38. The van der Waals surface area contributed by atoms with Crippen molar-refractivity contribution >= 4 is 16.7 Å². The number of aromatic nitrogens is 2.